The average Bonchev–Trinajstić information content (AvgIpc) is 2.38. The van der Waals surface area contributed by atoms with Crippen molar-refractivity contribution < 1.29 is 14.3 Å². The zero-order chi connectivity index (χ0) is 13.1. The van der Waals surface area contributed by atoms with E-state index in [2.05, 4.69) is 0 Å². The number of benzene rings is 2. The third-order valence-corrected chi connectivity index (χ3v) is 2.95. The quantitative estimate of drug-likeness (QED) is 0.919. The van der Waals surface area contributed by atoms with Crippen LogP contribution < -0.4 is 0 Å². The summed E-state index contributed by atoms with van der Waals surface area (Å²) in [4.78, 5) is 10.8. The van der Waals surface area contributed by atoms with E-state index in [1.807, 2.05) is 30.3 Å². The second-order valence-electron chi connectivity index (χ2n) is 4.17. The van der Waals surface area contributed by atoms with Crippen LogP contribution in [0.1, 0.15) is 18.4 Å². The Bertz CT molecular complexity index is 570. The van der Waals surface area contributed by atoms with E-state index in [0.29, 0.717) is 11.1 Å². The van der Waals surface area contributed by atoms with E-state index in [1.54, 1.807) is 19.1 Å². The number of carboxylic acids is 1. The van der Waals surface area contributed by atoms with Crippen LogP contribution in [0.4, 0.5) is 4.39 Å². The zero-order valence-corrected chi connectivity index (χ0v) is 11.2. The standard InChI is InChI=1S/C15H13FO2.ClH/c1-10(15(17)18)12-7-8-13(14(16)9-12)11-5-3-2-4-6-11;/h2-10H,1H3,(H,17,18);1H. The smallest absolute Gasteiger partial charge is 0.310 e. The third kappa shape index (κ3) is 3.32. The summed E-state index contributed by atoms with van der Waals surface area (Å²) in [5.41, 5.74) is 1.74. The van der Waals surface area contributed by atoms with Gasteiger partial charge >= 0.3 is 5.97 Å². The largest absolute Gasteiger partial charge is 0.481 e. The first-order valence-electron chi connectivity index (χ1n) is 5.67. The minimum Gasteiger partial charge on any atom is -0.481 e. The molecule has 2 aromatic rings. The Morgan fingerprint density at radius 3 is 2.32 bits per heavy atom. The number of carbonyl (C=O) groups is 1. The summed E-state index contributed by atoms with van der Waals surface area (Å²) in [5, 5.41) is 8.89. The lowest BCUT2D eigenvalue weighted by molar-refractivity contribution is -0.138. The molecular formula is C15H14ClFO2. The van der Waals surface area contributed by atoms with E-state index in [4.69, 9.17) is 5.11 Å². The van der Waals surface area contributed by atoms with Crippen molar-refractivity contribution in [2.24, 2.45) is 0 Å². The lowest BCUT2D eigenvalue weighted by Crippen LogP contribution is -2.07. The molecule has 0 heterocycles. The molecule has 0 aromatic heterocycles. The number of carboxylic acid groups (broad SMARTS) is 1. The van der Waals surface area contributed by atoms with Crippen molar-refractivity contribution in [3.05, 3.63) is 59.9 Å². The second-order valence-corrected chi connectivity index (χ2v) is 4.17. The van der Waals surface area contributed by atoms with Gasteiger partial charge in [0.25, 0.3) is 0 Å². The van der Waals surface area contributed by atoms with Gasteiger partial charge in [0.1, 0.15) is 5.82 Å². The minimum absolute atomic E-state index is 0. The van der Waals surface area contributed by atoms with Crippen LogP contribution in [-0.4, -0.2) is 11.1 Å². The summed E-state index contributed by atoms with van der Waals surface area (Å²) >= 11 is 0. The molecule has 1 N–H and O–H groups in total. The third-order valence-electron chi connectivity index (χ3n) is 2.95. The van der Waals surface area contributed by atoms with Crippen molar-refractivity contribution in [1.82, 2.24) is 0 Å². The zero-order valence-electron chi connectivity index (χ0n) is 10.3. The van der Waals surface area contributed by atoms with Crippen molar-refractivity contribution in [2.45, 2.75) is 12.8 Å². The van der Waals surface area contributed by atoms with Gasteiger partial charge in [0, 0.05) is 5.56 Å². The first-order chi connectivity index (χ1) is 8.59. The van der Waals surface area contributed by atoms with E-state index in [1.165, 1.54) is 6.07 Å². The Hall–Kier alpha value is -1.87. The first-order valence-corrected chi connectivity index (χ1v) is 5.67. The molecular weight excluding hydrogens is 267 g/mol. The van der Waals surface area contributed by atoms with Crippen LogP contribution in [0.25, 0.3) is 11.1 Å². The molecule has 0 amide bonds. The molecule has 0 aliphatic rings. The maximum atomic E-state index is 14.0. The average molecular weight is 281 g/mol. The number of rotatable bonds is 3. The van der Waals surface area contributed by atoms with Crippen LogP contribution in [0.5, 0.6) is 0 Å². The summed E-state index contributed by atoms with van der Waals surface area (Å²) in [6.45, 7) is 1.54. The fourth-order valence-corrected chi connectivity index (χ4v) is 1.80. The van der Waals surface area contributed by atoms with E-state index < -0.39 is 17.7 Å². The molecule has 2 nitrogen and oxygen atoms in total. The Morgan fingerprint density at radius 2 is 1.79 bits per heavy atom. The Labute approximate surface area is 117 Å². The fraction of sp³-hybridized carbons (Fsp3) is 0.133. The number of hydrogen-bond acceptors (Lipinski definition) is 1. The van der Waals surface area contributed by atoms with Gasteiger partial charge in [-0.15, -0.1) is 12.4 Å². The van der Waals surface area contributed by atoms with Crippen molar-refractivity contribution >= 4 is 18.4 Å². The van der Waals surface area contributed by atoms with Gasteiger partial charge in [-0.2, -0.15) is 0 Å². The van der Waals surface area contributed by atoms with Gasteiger partial charge in [-0.3, -0.25) is 4.79 Å². The SMILES string of the molecule is CC(C(=O)O)c1ccc(-c2ccccc2)c(F)c1.Cl. The topological polar surface area (TPSA) is 37.3 Å². The van der Waals surface area contributed by atoms with Crippen LogP contribution >= 0.6 is 12.4 Å². The first kappa shape index (κ1) is 15.2. The summed E-state index contributed by atoms with van der Waals surface area (Å²) in [6.07, 6.45) is 0. The lowest BCUT2D eigenvalue weighted by Gasteiger charge is -2.09. The van der Waals surface area contributed by atoms with Crippen LogP contribution in [0.2, 0.25) is 0 Å². The monoisotopic (exact) mass is 280 g/mol. The molecule has 0 saturated carbocycles. The number of hydrogen-bond donors (Lipinski definition) is 1. The maximum Gasteiger partial charge on any atom is 0.310 e. The molecule has 2 aromatic carbocycles. The van der Waals surface area contributed by atoms with Crippen LogP contribution in [0.3, 0.4) is 0 Å². The van der Waals surface area contributed by atoms with Gasteiger partial charge < -0.3 is 5.11 Å². The highest BCUT2D eigenvalue weighted by Gasteiger charge is 2.15. The highest BCUT2D eigenvalue weighted by molar-refractivity contribution is 5.85. The lowest BCUT2D eigenvalue weighted by atomic mass is 9.97. The van der Waals surface area contributed by atoms with Gasteiger partial charge in [-0.05, 0) is 24.1 Å². The van der Waals surface area contributed by atoms with Gasteiger partial charge in [0.15, 0.2) is 0 Å². The summed E-state index contributed by atoms with van der Waals surface area (Å²) in [5.74, 6) is -2.06. The predicted octanol–water partition coefficient (Wildman–Crippen LogP) is 4.10. The summed E-state index contributed by atoms with van der Waals surface area (Å²) in [6, 6.07) is 13.7. The molecule has 0 bridgehead atoms. The molecule has 4 heteroatoms. The molecule has 0 aliphatic heterocycles. The van der Waals surface area contributed by atoms with Crippen molar-refractivity contribution in [3.8, 4) is 11.1 Å². The molecule has 19 heavy (non-hydrogen) atoms. The van der Waals surface area contributed by atoms with Gasteiger partial charge in [-0.1, -0.05) is 42.5 Å². The van der Waals surface area contributed by atoms with Crippen molar-refractivity contribution in [1.29, 1.82) is 0 Å². The molecule has 0 radical (unpaired) electrons. The normalized spacial score (nSPS) is 11.5. The molecule has 1 unspecified atom stereocenters. The molecule has 2 rings (SSSR count). The molecule has 0 aliphatic carbocycles. The fourth-order valence-electron chi connectivity index (χ4n) is 1.80. The maximum absolute atomic E-state index is 14.0. The molecule has 100 valence electrons. The van der Waals surface area contributed by atoms with E-state index in [9.17, 15) is 9.18 Å². The van der Waals surface area contributed by atoms with Crippen molar-refractivity contribution in [2.75, 3.05) is 0 Å². The molecule has 0 fully saturated rings. The van der Waals surface area contributed by atoms with Crippen LogP contribution in [0, 0.1) is 5.82 Å². The van der Waals surface area contributed by atoms with Gasteiger partial charge in [0.05, 0.1) is 5.92 Å². The highest BCUT2D eigenvalue weighted by atomic mass is 35.5. The highest BCUT2D eigenvalue weighted by Crippen LogP contribution is 2.26. The summed E-state index contributed by atoms with van der Waals surface area (Å²) < 4.78 is 14.0. The van der Waals surface area contributed by atoms with E-state index in [-0.39, 0.29) is 12.4 Å². The molecule has 1 atom stereocenters. The van der Waals surface area contributed by atoms with Crippen molar-refractivity contribution in [3.63, 3.8) is 0 Å². The molecule has 0 saturated heterocycles. The Morgan fingerprint density at radius 1 is 1.16 bits per heavy atom. The van der Waals surface area contributed by atoms with Gasteiger partial charge in [0.2, 0.25) is 0 Å². The van der Waals surface area contributed by atoms with Crippen LogP contribution in [0.15, 0.2) is 48.5 Å². The molecule has 0 spiro atoms. The Kier molecular flexibility index (Phi) is 5.07. The van der Waals surface area contributed by atoms with Gasteiger partial charge in [-0.25, -0.2) is 4.39 Å². The minimum atomic E-state index is -0.957. The Balaban J connectivity index is 0.00000180. The second kappa shape index (κ2) is 6.34. The van der Waals surface area contributed by atoms with E-state index in [0.717, 1.165) is 5.56 Å². The number of aliphatic carboxylic acids is 1. The van der Waals surface area contributed by atoms with E-state index >= 15 is 0 Å². The van der Waals surface area contributed by atoms with Crippen LogP contribution in [-0.2, 0) is 4.79 Å². The predicted molar refractivity (Wildman–Crippen MR) is 75.1 cm³/mol. The summed E-state index contributed by atoms with van der Waals surface area (Å²) in [7, 11) is 0. The number of halogens is 2.